The molecular formula is C18H21NO2. The number of phenols is 2. The van der Waals surface area contributed by atoms with Crippen LogP contribution in [0, 0.1) is 5.92 Å². The van der Waals surface area contributed by atoms with Crippen molar-refractivity contribution in [2.24, 2.45) is 5.92 Å². The van der Waals surface area contributed by atoms with E-state index in [2.05, 4.69) is 29.6 Å². The molecule has 2 atom stereocenters. The van der Waals surface area contributed by atoms with Crippen LogP contribution in [-0.4, -0.2) is 10.2 Å². The summed E-state index contributed by atoms with van der Waals surface area (Å²) >= 11 is 0. The maximum Gasteiger partial charge on any atom is 0.120 e. The summed E-state index contributed by atoms with van der Waals surface area (Å²) in [6, 6.07) is 15.4. The zero-order chi connectivity index (χ0) is 14.8. The number of phenolic OH excluding ortho intramolecular Hbond substituents is 2. The third-order valence-electron chi connectivity index (χ3n) is 4.16. The van der Waals surface area contributed by atoms with E-state index >= 15 is 0 Å². The van der Waals surface area contributed by atoms with Gasteiger partial charge in [-0.2, -0.15) is 0 Å². The minimum atomic E-state index is -0.0251. The zero-order valence-electron chi connectivity index (χ0n) is 12.2. The van der Waals surface area contributed by atoms with E-state index in [-0.39, 0.29) is 17.5 Å². The molecule has 2 aromatic rings. The van der Waals surface area contributed by atoms with Crippen molar-refractivity contribution in [3.63, 3.8) is 0 Å². The molecule has 0 heterocycles. The number of rotatable bonds is 5. The summed E-state index contributed by atoms with van der Waals surface area (Å²) in [5.74, 6) is 1.06. The van der Waals surface area contributed by atoms with Gasteiger partial charge in [-0.15, -0.1) is 0 Å². The Morgan fingerprint density at radius 2 is 1.76 bits per heavy atom. The summed E-state index contributed by atoms with van der Waals surface area (Å²) in [4.78, 5) is 0. The van der Waals surface area contributed by atoms with Gasteiger partial charge in [-0.1, -0.05) is 30.3 Å². The molecule has 1 aliphatic rings. The maximum absolute atomic E-state index is 9.99. The third-order valence-corrected chi connectivity index (χ3v) is 4.16. The first-order chi connectivity index (χ1) is 10.1. The average molecular weight is 283 g/mol. The van der Waals surface area contributed by atoms with Crippen molar-refractivity contribution in [2.75, 3.05) is 0 Å². The van der Waals surface area contributed by atoms with E-state index in [4.69, 9.17) is 0 Å². The number of hydrogen-bond donors (Lipinski definition) is 3. The van der Waals surface area contributed by atoms with Gasteiger partial charge in [0, 0.05) is 17.6 Å². The van der Waals surface area contributed by atoms with Crippen LogP contribution in [0.5, 0.6) is 11.5 Å². The number of nitrogens with one attached hydrogen (secondary N) is 1. The van der Waals surface area contributed by atoms with Crippen LogP contribution in [0.15, 0.2) is 48.5 Å². The van der Waals surface area contributed by atoms with Gasteiger partial charge in [0.2, 0.25) is 0 Å². The summed E-state index contributed by atoms with van der Waals surface area (Å²) in [6.45, 7) is 2.02. The van der Waals surface area contributed by atoms with E-state index in [1.54, 1.807) is 6.07 Å². The zero-order valence-corrected chi connectivity index (χ0v) is 12.2. The highest BCUT2D eigenvalue weighted by Gasteiger charge is 2.33. The van der Waals surface area contributed by atoms with Gasteiger partial charge in [0.15, 0.2) is 0 Å². The second-order valence-corrected chi connectivity index (χ2v) is 5.86. The number of benzene rings is 2. The quantitative estimate of drug-likeness (QED) is 0.729. The van der Waals surface area contributed by atoms with Gasteiger partial charge in [-0.05, 0) is 49.4 Å². The third kappa shape index (κ3) is 3.19. The van der Waals surface area contributed by atoms with Crippen molar-refractivity contribution in [1.82, 2.24) is 5.32 Å². The Morgan fingerprint density at radius 3 is 2.43 bits per heavy atom. The smallest absolute Gasteiger partial charge is 0.120 e. The molecule has 3 heteroatoms. The highest BCUT2D eigenvalue weighted by atomic mass is 16.3. The molecule has 2 unspecified atom stereocenters. The molecule has 1 aliphatic carbocycles. The van der Waals surface area contributed by atoms with Crippen LogP contribution in [0.25, 0.3) is 0 Å². The number of aromatic hydroxyl groups is 2. The first-order valence-electron chi connectivity index (χ1n) is 7.48. The molecule has 3 nitrogen and oxygen atoms in total. The summed E-state index contributed by atoms with van der Waals surface area (Å²) in [6.07, 6.45) is 2.48. The van der Waals surface area contributed by atoms with E-state index in [1.165, 1.54) is 30.5 Å². The molecule has 0 aliphatic heterocycles. The lowest BCUT2D eigenvalue weighted by atomic mass is 9.99. The first kappa shape index (κ1) is 14.0. The van der Waals surface area contributed by atoms with E-state index in [0.717, 1.165) is 5.56 Å². The standard InChI is InChI=1S/C18H21NO2/c1-12(16-11-15(20)9-10-17(16)21)19-18(14-7-8-14)13-5-3-2-4-6-13/h2-6,9-12,14,18-21H,7-8H2,1H3. The lowest BCUT2D eigenvalue weighted by molar-refractivity contribution is 0.403. The van der Waals surface area contributed by atoms with Crippen LogP contribution in [0.1, 0.15) is 43.0 Å². The van der Waals surface area contributed by atoms with Crippen LogP contribution < -0.4 is 5.32 Å². The van der Waals surface area contributed by atoms with Crippen molar-refractivity contribution in [3.05, 3.63) is 59.7 Å². The summed E-state index contributed by atoms with van der Waals surface area (Å²) in [5.41, 5.74) is 2.02. The van der Waals surface area contributed by atoms with Gasteiger partial charge >= 0.3 is 0 Å². The van der Waals surface area contributed by atoms with Crippen LogP contribution in [0.4, 0.5) is 0 Å². The minimum Gasteiger partial charge on any atom is -0.508 e. The summed E-state index contributed by atoms with van der Waals surface area (Å²) in [5, 5.41) is 23.2. The Hall–Kier alpha value is -2.00. The number of hydrogen-bond acceptors (Lipinski definition) is 3. The lowest BCUT2D eigenvalue weighted by Crippen LogP contribution is -2.26. The predicted molar refractivity (Wildman–Crippen MR) is 83.2 cm³/mol. The van der Waals surface area contributed by atoms with Crippen LogP contribution >= 0.6 is 0 Å². The van der Waals surface area contributed by atoms with E-state index in [0.29, 0.717) is 12.0 Å². The Kier molecular flexibility index (Phi) is 3.84. The lowest BCUT2D eigenvalue weighted by Gasteiger charge is -2.24. The SMILES string of the molecule is CC(NC(c1ccccc1)C1CC1)c1cc(O)ccc1O. The molecule has 0 radical (unpaired) electrons. The molecule has 0 saturated heterocycles. The van der Waals surface area contributed by atoms with Crippen molar-refractivity contribution < 1.29 is 10.2 Å². The van der Waals surface area contributed by atoms with Gasteiger partial charge in [-0.25, -0.2) is 0 Å². The molecule has 1 fully saturated rings. The molecular weight excluding hydrogens is 262 g/mol. The Bertz CT molecular complexity index is 608. The minimum absolute atomic E-state index is 0.0251. The second-order valence-electron chi connectivity index (χ2n) is 5.86. The van der Waals surface area contributed by atoms with Crippen molar-refractivity contribution in [3.8, 4) is 11.5 Å². The molecule has 0 bridgehead atoms. The Balaban J connectivity index is 1.81. The normalized spacial score (nSPS) is 17.4. The van der Waals surface area contributed by atoms with E-state index in [1.807, 2.05) is 13.0 Å². The van der Waals surface area contributed by atoms with E-state index < -0.39 is 0 Å². The topological polar surface area (TPSA) is 52.5 Å². The second kappa shape index (κ2) is 5.78. The van der Waals surface area contributed by atoms with Gasteiger partial charge in [0.05, 0.1) is 0 Å². The van der Waals surface area contributed by atoms with Gasteiger partial charge in [-0.3, -0.25) is 0 Å². The van der Waals surface area contributed by atoms with Gasteiger partial charge in [0.25, 0.3) is 0 Å². The first-order valence-corrected chi connectivity index (χ1v) is 7.48. The van der Waals surface area contributed by atoms with Crippen molar-refractivity contribution in [1.29, 1.82) is 0 Å². The predicted octanol–water partition coefficient (Wildman–Crippen LogP) is 3.90. The maximum atomic E-state index is 9.99. The molecule has 3 rings (SSSR count). The summed E-state index contributed by atoms with van der Waals surface area (Å²) < 4.78 is 0. The molecule has 0 spiro atoms. The molecule has 0 amide bonds. The van der Waals surface area contributed by atoms with Crippen LogP contribution in [-0.2, 0) is 0 Å². The Morgan fingerprint density at radius 1 is 1.05 bits per heavy atom. The molecule has 2 aromatic carbocycles. The highest BCUT2D eigenvalue weighted by molar-refractivity contribution is 5.40. The molecule has 1 saturated carbocycles. The Labute approximate surface area is 125 Å². The van der Waals surface area contributed by atoms with E-state index in [9.17, 15) is 10.2 Å². The molecule has 21 heavy (non-hydrogen) atoms. The molecule has 110 valence electrons. The largest absolute Gasteiger partial charge is 0.508 e. The average Bonchev–Trinajstić information content (AvgIpc) is 3.32. The van der Waals surface area contributed by atoms with Crippen molar-refractivity contribution >= 4 is 0 Å². The van der Waals surface area contributed by atoms with Crippen molar-refractivity contribution in [2.45, 2.75) is 31.8 Å². The molecule has 3 N–H and O–H groups in total. The fourth-order valence-corrected chi connectivity index (χ4v) is 2.84. The summed E-state index contributed by atoms with van der Waals surface area (Å²) in [7, 11) is 0. The fraction of sp³-hybridized carbons (Fsp3) is 0.333. The van der Waals surface area contributed by atoms with Gasteiger partial charge < -0.3 is 15.5 Å². The van der Waals surface area contributed by atoms with Crippen LogP contribution in [0.2, 0.25) is 0 Å². The van der Waals surface area contributed by atoms with Crippen LogP contribution in [0.3, 0.4) is 0 Å². The highest BCUT2D eigenvalue weighted by Crippen LogP contribution is 2.42. The van der Waals surface area contributed by atoms with Gasteiger partial charge in [0.1, 0.15) is 11.5 Å². The molecule has 0 aromatic heterocycles. The fourth-order valence-electron chi connectivity index (χ4n) is 2.84. The monoisotopic (exact) mass is 283 g/mol.